The van der Waals surface area contributed by atoms with Crippen LogP contribution in [0.3, 0.4) is 0 Å². The predicted octanol–water partition coefficient (Wildman–Crippen LogP) is 2.25. The summed E-state index contributed by atoms with van der Waals surface area (Å²) in [5.74, 6) is 0.0170. The molecule has 0 unspecified atom stereocenters. The van der Waals surface area contributed by atoms with Gasteiger partial charge in [-0.3, -0.25) is 4.79 Å². The summed E-state index contributed by atoms with van der Waals surface area (Å²) in [6.45, 7) is 6.63. The number of likely N-dealkylation sites (N-methyl/N-ethyl adjacent to an activating group) is 1. The zero-order valence-corrected chi connectivity index (χ0v) is 12.4. The number of benzene rings is 1. The molecular weight excluding hydrogens is 238 g/mol. The van der Waals surface area contributed by atoms with Gasteiger partial charge < -0.3 is 15.5 Å². The summed E-state index contributed by atoms with van der Waals surface area (Å²) in [4.78, 5) is 16.0. The summed E-state index contributed by atoms with van der Waals surface area (Å²) in [6, 6.07) is 5.72. The standard InChI is InChI=1S/C15H25N3O/c1-5-8-18(10-9-17(3)4)13-6-7-15(16)14(11-13)12(2)19/h6-7,11H,5,8-10,16H2,1-4H3. The Morgan fingerprint density at radius 3 is 2.42 bits per heavy atom. The van der Waals surface area contributed by atoms with E-state index in [1.54, 1.807) is 6.92 Å². The van der Waals surface area contributed by atoms with Gasteiger partial charge in [0.2, 0.25) is 0 Å². The molecule has 0 spiro atoms. The van der Waals surface area contributed by atoms with E-state index >= 15 is 0 Å². The van der Waals surface area contributed by atoms with Crippen molar-refractivity contribution in [2.45, 2.75) is 20.3 Å². The molecule has 4 heteroatoms. The van der Waals surface area contributed by atoms with Gasteiger partial charge in [0.15, 0.2) is 5.78 Å². The van der Waals surface area contributed by atoms with E-state index < -0.39 is 0 Å². The maximum absolute atomic E-state index is 11.6. The number of rotatable bonds is 7. The zero-order valence-electron chi connectivity index (χ0n) is 12.4. The molecule has 0 atom stereocenters. The van der Waals surface area contributed by atoms with Gasteiger partial charge in [0, 0.05) is 36.6 Å². The second kappa shape index (κ2) is 7.14. The highest BCUT2D eigenvalue weighted by atomic mass is 16.1. The highest BCUT2D eigenvalue weighted by Gasteiger charge is 2.10. The van der Waals surface area contributed by atoms with Gasteiger partial charge in [-0.2, -0.15) is 0 Å². The Balaban J connectivity index is 2.95. The summed E-state index contributed by atoms with van der Waals surface area (Å²) >= 11 is 0. The van der Waals surface area contributed by atoms with E-state index in [0.29, 0.717) is 11.3 Å². The van der Waals surface area contributed by atoms with Crippen molar-refractivity contribution < 1.29 is 4.79 Å². The van der Waals surface area contributed by atoms with Crippen molar-refractivity contribution in [3.63, 3.8) is 0 Å². The molecule has 1 aromatic rings. The molecular formula is C15H25N3O. The SMILES string of the molecule is CCCN(CCN(C)C)c1ccc(N)c(C(C)=O)c1. The first-order valence-corrected chi connectivity index (χ1v) is 6.75. The van der Waals surface area contributed by atoms with Crippen molar-refractivity contribution in [2.75, 3.05) is 44.4 Å². The first-order valence-electron chi connectivity index (χ1n) is 6.75. The molecule has 0 aliphatic carbocycles. The molecule has 0 aliphatic rings. The van der Waals surface area contributed by atoms with Crippen LogP contribution < -0.4 is 10.6 Å². The van der Waals surface area contributed by atoms with Crippen LogP contribution in [0.4, 0.5) is 11.4 Å². The van der Waals surface area contributed by atoms with Crippen LogP contribution in [0, 0.1) is 0 Å². The van der Waals surface area contributed by atoms with Gasteiger partial charge in [0.25, 0.3) is 0 Å². The monoisotopic (exact) mass is 263 g/mol. The third-order valence-corrected chi connectivity index (χ3v) is 3.09. The van der Waals surface area contributed by atoms with E-state index in [2.05, 4.69) is 30.8 Å². The Bertz CT molecular complexity index is 429. The van der Waals surface area contributed by atoms with Crippen LogP contribution in [-0.4, -0.2) is 44.4 Å². The summed E-state index contributed by atoms with van der Waals surface area (Å²) < 4.78 is 0. The van der Waals surface area contributed by atoms with Crippen LogP contribution in [0.25, 0.3) is 0 Å². The summed E-state index contributed by atoms with van der Waals surface area (Å²) in [5.41, 5.74) is 8.08. The first-order chi connectivity index (χ1) is 8.95. The third kappa shape index (κ3) is 4.56. The fourth-order valence-electron chi connectivity index (χ4n) is 2.01. The minimum atomic E-state index is 0.0170. The molecule has 2 N–H and O–H groups in total. The van der Waals surface area contributed by atoms with Gasteiger partial charge in [-0.15, -0.1) is 0 Å². The quantitative estimate of drug-likeness (QED) is 0.605. The van der Waals surface area contributed by atoms with Crippen LogP contribution in [-0.2, 0) is 0 Å². The minimum Gasteiger partial charge on any atom is -0.398 e. The molecule has 0 heterocycles. The lowest BCUT2D eigenvalue weighted by Crippen LogP contribution is -2.32. The smallest absolute Gasteiger partial charge is 0.161 e. The fourth-order valence-corrected chi connectivity index (χ4v) is 2.01. The number of hydrogen-bond acceptors (Lipinski definition) is 4. The maximum atomic E-state index is 11.6. The first kappa shape index (κ1) is 15.5. The lowest BCUT2D eigenvalue weighted by molar-refractivity contribution is 0.101. The summed E-state index contributed by atoms with van der Waals surface area (Å²) in [6.07, 6.45) is 1.08. The number of ketones is 1. The molecule has 0 amide bonds. The maximum Gasteiger partial charge on any atom is 0.161 e. The van der Waals surface area contributed by atoms with Crippen molar-refractivity contribution in [1.29, 1.82) is 0 Å². The molecule has 19 heavy (non-hydrogen) atoms. The Morgan fingerprint density at radius 1 is 1.21 bits per heavy atom. The van der Waals surface area contributed by atoms with E-state index in [-0.39, 0.29) is 5.78 Å². The van der Waals surface area contributed by atoms with Crippen LogP contribution in [0.2, 0.25) is 0 Å². The number of nitrogens with zero attached hydrogens (tertiary/aromatic N) is 2. The lowest BCUT2D eigenvalue weighted by Gasteiger charge is -2.26. The van der Waals surface area contributed by atoms with Gasteiger partial charge in [-0.05, 0) is 45.6 Å². The fraction of sp³-hybridized carbons (Fsp3) is 0.533. The average molecular weight is 263 g/mol. The number of hydrogen-bond donors (Lipinski definition) is 1. The second-order valence-corrected chi connectivity index (χ2v) is 5.12. The molecule has 106 valence electrons. The number of Topliss-reactive ketones (excluding diaryl/α,β-unsaturated/α-hetero) is 1. The Kier molecular flexibility index (Phi) is 5.83. The molecule has 0 saturated carbocycles. The van der Waals surface area contributed by atoms with E-state index in [4.69, 9.17) is 5.73 Å². The van der Waals surface area contributed by atoms with E-state index in [0.717, 1.165) is 31.7 Å². The van der Waals surface area contributed by atoms with Crippen molar-refractivity contribution in [2.24, 2.45) is 0 Å². The largest absolute Gasteiger partial charge is 0.398 e. The number of anilines is 2. The number of nitrogen functional groups attached to an aromatic ring is 1. The van der Waals surface area contributed by atoms with Crippen molar-refractivity contribution in [3.05, 3.63) is 23.8 Å². The Morgan fingerprint density at radius 2 is 1.89 bits per heavy atom. The lowest BCUT2D eigenvalue weighted by atomic mass is 10.1. The van der Waals surface area contributed by atoms with Crippen LogP contribution in [0.5, 0.6) is 0 Å². The van der Waals surface area contributed by atoms with E-state index in [1.165, 1.54) is 0 Å². The molecule has 1 aromatic carbocycles. The molecule has 4 nitrogen and oxygen atoms in total. The van der Waals surface area contributed by atoms with E-state index in [9.17, 15) is 4.79 Å². The van der Waals surface area contributed by atoms with Crippen molar-refractivity contribution in [1.82, 2.24) is 4.90 Å². The van der Waals surface area contributed by atoms with Gasteiger partial charge in [-0.25, -0.2) is 0 Å². The van der Waals surface area contributed by atoms with Gasteiger partial charge >= 0.3 is 0 Å². The van der Waals surface area contributed by atoms with Gasteiger partial charge in [0.05, 0.1) is 0 Å². The number of carbonyl (C=O) groups is 1. The third-order valence-electron chi connectivity index (χ3n) is 3.09. The van der Waals surface area contributed by atoms with Crippen LogP contribution >= 0.6 is 0 Å². The topological polar surface area (TPSA) is 49.6 Å². The molecule has 0 saturated heterocycles. The molecule has 1 rings (SSSR count). The average Bonchev–Trinajstić information content (AvgIpc) is 2.34. The molecule has 0 bridgehead atoms. The molecule has 0 aliphatic heterocycles. The van der Waals surface area contributed by atoms with Crippen molar-refractivity contribution >= 4 is 17.2 Å². The van der Waals surface area contributed by atoms with Gasteiger partial charge in [-0.1, -0.05) is 6.92 Å². The predicted molar refractivity (Wildman–Crippen MR) is 81.9 cm³/mol. The summed E-state index contributed by atoms with van der Waals surface area (Å²) in [7, 11) is 4.13. The molecule has 0 aromatic heterocycles. The number of nitrogens with two attached hydrogens (primary N) is 1. The highest BCUT2D eigenvalue weighted by Crippen LogP contribution is 2.22. The highest BCUT2D eigenvalue weighted by molar-refractivity contribution is 6.00. The minimum absolute atomic E-state index is 0.0170. The normalized spacial score (nSPS) is 10.8. The Hall–Kier alpha value is -1.55. The molecule has 0 radical (unpaired) electrons. The van der Waals surface area contributed by atoms with E-state index in [1.807, 2.05) is 18.2 Å². The molecule has 0 fully saturated rings. The van der Waals surface area contributed by atoms with Crippen LogP contribution in [0.15, 0.2) is 18.2 Å². The zero-order chi connectivity index (χ0) is 14.4. The second-order valence-electron chi connectivity index (χ2n) is 5.12. The Labute approximate surface area is 116 Å². The summed E-state index contributed by atoms with van der Waals surface area (Å²) in [5, 5.41) is 0. The van der Waals surface area contributed by atoms with Gasteiger partial charge in [0.1, 0.15) is 0 Å². The van der Waals surface area contributed by atoms with Crippen LogP contribution in [0.1, 0.15) is 30.6 Å². The number of carbonyl (C=O) groups excluding carboxylic acids is 1. The van der Waals surface area contributed by atoms with Crippen molar-refractivity contribution in [3.8, 4) is 0 Å².